The van der Waals surface area contributed by atoms with Crippen molar-refractivity contribution in [1.82, 2.24) is 4.90 Å². The largest absolute Gasteiger partial charge is 0.497 e. The van der Waals surface area contributed by atoms with E-state index in [-0.39, 0.29) is 6.09 Å². The lowest BCUT2D eigenvalue weighted by molar-refractivity contribution is 0.0341. The van der Waals surface area contributed by atoms with Crippen LogP contribution in [0.25, 0.3) is 11.8 Å². The molecular formula is C21H23NO3. The molecule has 2 aromatic rings. The number of ether oxygens (including phenoxy) is 2. The Bertz CT molecular complexity index is 801. The maximum atomic E-state index is 12.8. The van der Waals surface area contributed by atoms with Gasteiger partial charge in [-0.05, 0) is 67.8 Å². The van der Waals surface area contributed by atoms with Gasteiger partial charge in [-0.25, -0.2) is 4.79 Å². The summed E-state index contributed by atoms with van der Waals surface area (Å²) in [5, 5.41) is 0. The molecule has 4 nitrogen and oxygen atoms in total. The number of benzene rings is 2. The van der Waals surface area contributed by atoms with E-state index in [0.29, 0.717) is 6.54 Å². The van der Waals surface area contributed by atoms with Gasteiger partial charge in [-0.15, -0.1) is 0 Å². The minimum atomic E-state index is -0.543. The summed E-state index contributed by atoms with van der Waals surface area (Å²) in [4.78, 5) is 14.5. The van der Waals surface area contributed by atoms with E-state index in [4.69, 9.17) is 9.47 Å². The van der Waals surface area contributed by atoms with E-state index < -0.39 is 5.60 Å². The van der Waals surface area contributed by atoms with E-state index >= 15 is 0 Å². The molecular weight excluding hydrogens is 314 g/mol. The Balaban J connectivity index is 2.02. The standard InChI is InChI=1S/C21H23NO3/c1-21(2,3)25-20(23)22-14-17-8-6-5-7-16(17)13-19(22)15-9-11-18(24-4)12-10-15/h5-13H,14H2,1-4H3. The third-order valence-corrected chi connectivity index (χ3v) is 3.97. The molecule has 0 radical (unpaired) electrons. The van der Waals surface area contributed by atoms with Crippen LogP contribution < -0.4 is 4.74 Å². The fourth-order valence-electron chi connectivity index (χ4n) is 2.78. The Morgan fingerprint density at radius 1 is 1.04 bits per heavy atom. The first-order valence-corrected chi connectivity index (χ1v) is 8.32. The minimum absolute atomic E-state index is 0.343. The highest BCUT2D eigenvalue weighted by atomic mass is 16.6. The van der Waals surface area contributed by atoms with Gasteiger partial charge < -0.3 is 9.47 Å². The Hall–Kier alpha value is -2.75. The molecule has 0 saturated heterocycles. The van der Waals surface area contributed by atoms with Crippen LogP contribution in [0.5, 0.6) is 5.75 Å². The first-order chi connectivity index (χ1) is 11.9. The molecule has 0 aromatic heterocycles. The number of carbonyl (C=O) groups is 1. The summed E-state index contributed by atoms with van der Waals surface area (Å²) in [6.07, 6.45) is 1.69. The average Bonchev–Trinajstić information content (AvgIpc) is 2.59. The molecule has 1 heterocycles. The Morgan fingerprint density at radius 3 is 2.36 bits per heavy atom. The van der Waals surface area contributed by atoms with Gasteiger partial charge in [0, 0.05) is 0 Å². The number of methoxy groups -OCH3 is 1. The molecule has 0 saturated carbocycles. The fraction of sp³-hybridized carbons (Fsp3) is 0.286. The Morgan fingerprint density at radius 2 is 1.72 bits per heavy atom. The van der Waals surface area contributed by atoms with Crippen molar-refractivity contribution in [2.75, 3.05) is 7.11 Å². The van der Waals surface area contributed by atoms with Crippen LogP contribution in [0.1, 0.15) is 37.5 Å². The van der Waals surface area contributed by atoms with Crippen LogP contribution in [0.2, 0.25) is 0 Å². The number of rotatable bonds is 2. The van der Waals surface area contributed by atoms with Gasteiger partial charge in [0.05, 0.1) is 19.4 Å². The average molecular weight is 337 g/mol. The number of carbonyl (C=O) groups excluding carboxylic acids is 1. The van der Waals surface area contributed by atoms with Crippen LogP contribution in [0.3, 0.4) is 0 Å². The molecule has 0 aliphatic carbocycles. The van der Waals surface area contributed by atoms with E-state index in [1.807, 2.05) is 69.3 Å². The van der Waals surface area contributed by atoms with Crippen molar-refractivity contribution in [2.24, 2.45) is 0 Å². The second-order valence-electron chi connectivity index (χ2n) is 7.02. The van der Waals surface area contributed by atoms with Crippen molar-refractivity contribution in [2.45, 2.75) is 32.9 Å². The quantitative estimate of drug-likeness (QED) is 0.779. The summed E-state index contributed by atoms with van der Waals surface area (Å²) < 4.78 is 10.8. The van der Waals surface area contributed by atoms with Gasteiger partial charge in [-0.2, -0.15) is 0 Å². The predicted octanol–water partition coefficient (Wildman–Crippen LogP) is 4.94. The number of hydrogen-bond donors (Lipinski definition) is 0. The van der Waals surface area contributed by atoms with E-state index in [2.05, 4.69) is 6.07 Å². The van der Waals surface area contributed by atoms with E-state index in [1.54, 1.807) is 12.0 Å². The van der Waals surface area contributed by atoms with Gasteiger partial charge in [0.15, 0.2) is 0 Å². The molecule has 4 heteroatoms. The molecule has 25 heavy (non-hydrogen) atoms. The van der Waals surface area contributed by atoms with Crippen LogP contribution >= 0.6 is 0 Å². The van der Waals surface area contributed by atoms with Crippen LogP contribution in [0.15, 0.2) is 48.5 Å². The smallest absolute Gasteiger partial charge is 0.415 e. The first kappa shape index (κ1) is 17.1. The number of fused-ring (bicyclic) bond motifs is 1. The Labute approximate surface area is 148 Å². The molecule has 0 fully saturated rings. The highest BCUT2D eigenvalue weighted by Gasteiger charge is 2.28. The van der Waals surface area contributed by atoms with Crippen molar-refractivity contribution in [3.8, 4) is 5.75 Å². The zero-order chi connectivity index (χ0) is 18.0. The van der Waals surface area contributed by atoms with Crippen molar-refractivity contribution >= 4 is 17.9 Å². The predicted molar refractivity (Wildman–Crippen MR) is 99.1 cm³/mol. The van der Waals surface area contributed by atoms with Gasteiger partial charge in [0.2, 0.25) is 0 Å². The molecule has 0 unspecified atom stereocenters. The minimum Gasteiger partial charge on any atom is -0.497 e. The third kappa shape index (κ3) is 3.85. The van der Waals surface area contributed by atoms with Crippen LogP contribution in [-0.4, -0.2) is 23.7 Å². The van der Waals surface area contributed by atoms with Gasteiger partial charge >= 0.3 is 6.09 Å². The van der Waals surface area contributed by atoms with E-state index in [0.717, 1.165) is 28.1 Å². The van der Waals surface area contributed by atoms with Crippen molar-refractivity contribution in [3.63, 3.8) is 0 Å². The molecule has 1 aliphatic rings. The molecule has 0 N–H and O–H groups in total. The summed E-state index contributed by atoms with van der Waals surface area (Å²) in [6.45, 7) is 6.11. The van der Waals surface area contributed by atoms with Crippen LogP contribution in [0.4, 0.5) is 4.79 Å². The lowest BCUT2D eigenvalue weighted by Crippen LogP contribution is -2.36. The molecule has 1 amide bonds. The normalized spacial score (nSPS) is 13.8. The molecule has 3 rings (SSSR count). The first-order valence-electron chi connectivity index (χ1n) is 8.32. The molecule has 0 bridgehead atoms. The summed E-state index contributed by atoms with van der Waals surface area (Å²) in [5.41, 5.74) is 3.45. The third-order valence-electron chi connectivity index (χ3n) is 3.97. The van der Waals surface area contributed by atoms with Gasteiger partial charge in [0.25, 0.3) is 0 Å². The fourth-order valence-corrected chi connectivity index (χ4v) is 2.78. The van der Waals surface area contributed by atoms with Crippen LogP contribution in [-0.2, 0) is 11.3 Å². The maximum absolute atomic E-state index is 12.8. The van der Waals surface area contributed by atoms with Crippen LogP contribution in [0, 0.1) is 0 Å². The lowest BCUT2D eigenvalue weighted by Gasteiger charge is -2.32. The SMILES string of the molecule is COc1ccc(C2=Cc3ccccc3CN2C(=O)OC(C)(C)C)cc1. The van der Waals surface area contributed by atoms with E-state index in [1.165, 1.54) is 0 Å². The second-order valence-corrected chi connectivity index (χ2v) is 7.02. The van der Waals surface area contributed by atoms with Gasteiger partial charge in [-0.1, -0.05) is 24.3 Å². The summed E-state index contributed by atoms with van der Waals surface area (Å²) in [6, 6.07) is 15.8. The number of hydrogen-bond acceptors (Lipinski definition) is 3. The van der Waals surface area contributed by atoms with Gasteiger partial charge in [0.1, 0.15) is 11.4 Å². The maximum Gasteiger partial charge on any atom is 0.415 e. The highest BCUT2D eigenvalue weighted by molar-refractivity contribution is 5.92. The zero-order valence-electron chi connectivity index (χ0n) is 15.1. The molecule has 1 aliphatic heterocycles. The molecule has 0 spiro atoms. The van der Waals surface area contributed by atoms with E-state index in [9.17, 15) is 4.79 Å². The zero-order valence-corrected chi connectivity index (χ0v) is 15.1. The molecule has 2 aromatic carbocycles. The van der Waals surface area contributed by atoms with Gasteiger partial charge in [-0.3, -0.25) is 4.90 Å². The summed E-state index contributed by atoms with van der Waals surface area (Å²) >= 11 is 0. The Kier molecular flexibility index (Phi) is 4.53. The second kappa shape index (κ2) is 6.63. The highest BCUT2D eigenvalue weighted by Crippen LogP contribution is 2.32. The van der Waals surface area contributed by atoms with Crippen molar-refractivity contribution in [3.05, 3.63) is 65.2 Å². The topological polar surface area (TPSA) is 38.8 Å². The number of amides is 1. The van der Waals surface area contributed by atoms with Crippen molar-refractivity contribution in [1.29, 1.82) is 0 Å². The number of nitrogens with zero attached hydrogens (tertiary/aromatic N) is 1. The lowest BCUT2D eigenvalue weighted by atomic mass is 9.98. The monoisotopic (exact) mass is 337 g/mol. The molecule has 0 atom stereocenters. The summed E-state index contributed by atoms with van der Waals surface area (Å²) in [7, 11) is 1.64. The van der Waals surface area contributed by atoms with Crippen molar-refractivity contribution < 1.29 is 14.3 Å². The molecule has 130 valence electrons. The summed E-state index contributed by atoms with van der Waals surface area (Å²) in [5.74, 6) is 0.782.